The summed E-state index contributed by atoms with van der Waals surface area (Å²) in [5.41, 5.74) is 0.182. The number of nitrogens with zero attached hydrogens (tertiary/aromatic N) is 1. The SMILES string of the molecule is N#CCNC(=O)C(CNC(=O)c1ccccc1)S(=O)(=O)Cc1ccccc1OC(F)F. The lowest BCUT2D eigenvalue weighted by atomic mass is 10.2. The first-order valence-electron chi connectivity index (χ1n) is 8.96. The van der Waals surface area contributed by atoms with Crippen molar-refractivity contribution < 1.29 is 31.5 Å². The molecular weight excluding hydrogens is 432 g/mol. The van der Waals surface area contributed by atoms with Crippen molar-refractivity contribution in [1.82, 2.24) is 10.6 Å². The van der Waals surface area contributed by atoms with Crippen molar-refractivity contribution in [2.45, 2.75) is 17.6 Å². The molecule has 2 aromatic rings. The summed E-state index contributed by atoms with van der Waals surface area (Å²) in [6.07, 6.45) is 0. The second-order valence-corrected chi connectivity index (χ2v) is 8.42. The highest BCUT2D eigenvalue weighted by atomic mass is 32.2. The Kier molecular flexibility index (Phi) is 8.45. The van der Waals surface area contributed by atoms with Gasteiger partial charge in [0.25, 0.3) is 5.91 Å². The van der Waals surface area contributed by atoms with Crippen LogP contribution in [0.5, 0.6) is 5.75 Å². The van der Waals surface area contributed by atoms with Crippen LogP contribution in [-0.2, 0) is 20.4 Å². The standard InChI is InChI=1S/C20H19F2N3O5S/c21-20(22)30-16-9-5-4-8-15(16)13-31(28,29)17(19(27)24-11-10-23)12-25-18(26)14-6-2-1-3-7-14/h1-9,17,20H,11-13H2,(H,24,27)(H,25,26). The van der Waals surface area contributed by atoms with Gasteiger partial charge in [-0.15, -0.1) is 0 Å². The molecule has 8 nitrogen and oxygen atoms in total. The smallest absolute Gasteiger partial charge is 0.387 e. The number of halogens is 2. The lowest BCUT2D eigenvalue weighted by molar-refractivity contribution is -0.120. The summed E-state index contributed by atoms with van der Waals surface area (Å²) < 4.78 is 55.5. The number of hydrogen-bond donors (Lipinski definition) is 2. The summed E-state index contributed by atoms with van der Waals surface area (Å²) in [7, 11) is -4.30. The van der Waals surface area contributed by atoms with Crippen LogP contribution < -0.4 is 15.4 Å². The first-order valence-corrected chi connectivity index (χ1v) is 10.7. The van der Waals surface area contributed by atoms with Crippen LogP contribution in [0.25, 0.3) is 0 Å². The normalized spacial score (nSPS) is 11.9. The zero-order valence-electron chi connectivity index (χ0n) is 16.1. The Labute approximate surface area is 177 Å². The van der Waals surface area contributed by atoms with Crippen LogP contribution in [0.2, 0.25) is 0 Å². The van der Waals surface area contributed by atoms with E-state index in [0.29, 0.717) is 0 Å². The summed E-state index contributed by atoms with van der Waals surface area (Å²) in [6, 6.07) is 14.9. The number of para-hydroxylation sites is 1. The third kappa shape index (κ3) is 7.04. The molecule has 0 spiro atoms. The number of benzene rings is 2. The Balaban J connectivity index is 2.25. The molecule has 0 aliphatic carbocycles. The summed E-state index contributed by atoms with van der Waals surface area (Å²) in [6.45, 7) is -4.18. The van der Waals surface area contributed by atoms with Gasteiger partial charge < -0.3 is 15.4 Å². The molecular formula is C20H19F2N3O5S. The van der Waals surface area contributed by atoms with Crippen molar-refractivity contribution in [3.63, 3.8) is 0 Å². The Hall–Kier alpha value is -3.52. The fourth-order valence-electron chi connectivity index (χ4n) is 2.65. The predicted molar refractivity (Wildman–Crippen MR) is 107 cm³/mol. The van der Waals surface area contributed by atoms with Crippen molar-refractivity contribution in [2.24, 2.45) is 0 Å². The van der Waals surface area contributed by atoms with E-state index < -0.39 is 52.4 Å². The molecule has 31 heavy (non-hydrogen) atoms. The summed E-state index contributed by atoms with van der Waals surface area (Å²) in [5.74, 6) is -2.73. The van der Waals surface area contributed by atoms with Crippen LogP contribution in [0, 0.1) is 11.3 Å². The minimum absolute atomic E-state index is 0.0738. The van der Waals surface area contributed by atoms with Crippen molar-refractivity contribution in [1.29, 1.82) is 5.26 Å². The maximum Gasteiger partial charge on any atom is 0.387 e. The predicted octanol–water partition coefficient (Wildman–Crippen LogP) is 1.64. The molecule has 0 saturated carbocycles. The van der Waals surface area contributed by atoms with E-state index in [2.05, 4.69) is 15.4 Å². The highest BCUT2D eigenvalue weighted by Gasteiger charge is 2.34. The van der Waals surface area contributed by atoms with Gasteiger partial charge in [-0.25, -0.2) is 8.42 Å². The summed E-state index contributed by atoms with van der Waals surface area (Å²) in [5, 5.41) is 11.4. The van der Waals surface area contributed by atoms with E-state index in [9.17, 15) is 26.8 Å². The van der Waals surface area contributed by atoms with Crippen LogP contribution in [0.3, 0.4) is 0 Å². The fourth-order valence-corrected chi connectivity index (χ4v) is 4.27. The van der Waals surface area contributed by atoms with Crippen LogP contribution in [0.15, 0.2) is 54.6 Å². The summed E-state index contributed by atoms with van der Waals surface area (Å²) in [4.78, 5) is 24.7. The molecule has 0 aromatic heterocycles. The van der Waals surface area contributed by atoms with E-state index in [-0.39, 0.29) is 16.9 Å². The number of nitriles is 1. The van der Waals surface area contributed by atoms with Crippen LogP contribution >= 0.6 is 0 Å². The Bertz CT molecular complexity index is 1060. The van der Waals surface area contributed by atoms with Gasteiger partial charge in [0.1, 0.15) is 12.3 Å². The van der Waals surface area contributed by atoms with E-state index >= 15 is 0 Å². The van der Waals surface area contributed by atoms with E-state index in [0.717, 1.165) is 0 Å². The number of ether oxygens (including phenoxy) is 1. The molecule has 0 radical (unpaired) electrons. The molecule has 1 atom stereocenters. The number of amides is 2. The number of hydrogen-bond acceptors (Lipinski definition) is 6. The second-order valence-electron chi connectivity index (χ2n) is 6.23. The van der Waals surface area contributed by atoms with Crippen molar-refractivity contribution >= 4 is 21.7 Å². The third-order valence-corrected chi connectivity index (χ3v) is 6.06. The van der Waals surface area contributed by atoms with E-state index in [1.165, 1.54) is 36.4 Å². The molecule has 2 aromatic carbocycles. The minimum atomic E-state index is -4.30. The summed E-state index contributed by atoms with van der Waals surface area (Å²) >= 11 is 0. The van der Waals surface area contributed by atoms with E-state index in [1.54, 1.807) is 24.3 Å². The van der Waals surface area contributed by atoms with Crippen molar-refractivity contribution in [2.75, 3.05) is 13.1 Å². The van der Waals surface area contributed by atoms with Crippen molar-refractivity contribution in [3.8, 4) is 11.8 Å². The Morgan fingerprint density at radius 1 is 1.03 bits per heavy atom. The second kappa shape index (κ2) is 11.0. The topological polar surface area (TPSA) is 125 Å². The molecule has 0 bridgehead atoms. The molecule has 0 saturated heterocycles. The Morgan fingerprint density at radius 3 is 2.32 bits per heavy atom. The van der Waals surface area contributed by atoms with Gasteiger partial charge in [-0.1, -0.05) is 36.4 Å². The number of sulfone groups is 1. The zero-order valence-corrected chi connectivity index (χ0v) is 16.9. The van der Waals surface area contributed by atoms with Crippen LogP contribution in [0.4, 0.5) is 8.78 Å². The molecule has 164 valence electrons. The van der Waals surface area contributed by atoms with Gasteiger partial charge in [-0.2, -0.15) is 14.0 Å². The lowest BCUT2D eigenvalue weighted by Crippen LogP contribution is -2.47. The molecule has 0 heterocycles. The molecule has 1 unspecified atom stereocenters. The highest BCUT2D eigenvalue weighted by Crippen LogP contribution is 2.24. The molecule has 2 N–H and O–H groups in total. The van der Waals surface area contributed by atoms with Gasteiger partial charge in [-0.05, 0) is 18.2 Å². The van der Waals surface area contributed by atoms with Gasteiger partial charge >= 0.3 is 6.61 Å². The van der Waals surface area contributed by atoms with E-state index in [4.69, 9.17) is 5.26 Å². The molecule has 11 heteroatoms. The molecule has 2 amide bonds. The van der Waals surface area contributed by atoms with Gasteiger partial charge in [0.15, 0.2) is 15.1 Å². The molecule has 0 aliphatic heterocycles. The van der Waals surface area contributed by atoms with Gasteiger partial charge in [0.05, 0.1) is 11.8 Å². The zero-order chi connectivity index (χ0) is 22.9. The number of nitrogens with one attached hydrogen (secondary N) is 2. The highest BCUT2D eigenvalue weighted by molar-refractivity contribution is 7.92. The molecule has 0 fully saturated rings. The number of carbonyl (C=O) groups excluding carboxylic acids is 2. The van der Waals surface area contributed by atoms with E-state index in [1.807, 2.05) is 0 Å². The van der Waals surface area contributed by atoms with Gasteiger partial charge in [0.2, 0.25) is 5.91 Å². The Morgan fingerprint density at radius 2 is 1.68 bits per heavy atom. The fraction of sp³-hybridized carbons (Fsp3) is 0.250. The molecule has 2 rings (SSSR count). The lowest BCUT2D eigenvalue weighted by Gasteiger charge is -2.18. The quantitative estimate of drug-likeness (QED) is 0.529. The maximum absolute atomic E-state index is 13.0. The van der Waals surface area contributed by atoms with Crippen LogP contribution in [0.1, 0.15) is 15.9 Å². The minimum Gasteiger partial charge on any atom is -0.435 e. The van der Waals surface area contributed by atoms with Gasteiger partial charge in [0, 0.05) is 17.7 Å². The number of alkyl halides is 2. The number of rotatable bonds is 10. The first-order chi connectivity index (χ1) is 14.7. The number of carbonyl (C=O) groups is 2. The van der Waals surface area contributed by atoms with Crippen LogP contribution in [-0.4, -0.2) is 45.2 Å². The molecule has 0 aliphatic rings. The maximum atomic E-state index is 13.0. The van der Waals surface area contributed by atoms with Gasteiger partial charge in [-0.3, -0.25) is 9.59 Å². The average molecular weight is 451 g/mol. The third-order valence-electron chi connectivity index (χ3n) is 4.10. The monoisotopic (exact) mass is 451 g/mol. The average Bonchev–Trinajstić information content (AvgIpc) is 2.73. The first kappa shape index (κ1) is 23.8. The van der Waals surface area contributed by atoms with Crippen molar-refractivity contribution in [3.05, 3.63) is 65.7 Å². The largest absolute Gasteiger partial charge is 0.435 e.